The van der Waals surface area contributed by atoms with Crippen LogP contribution in [0.15, 0.2) is 58.6 Å². The highest BCUT2D eigenvalue weighted by Crippen LogP contribution is 2.35. The monoisotopic (exact) mass is 458 g/mol. The lowest BCUT2D eigenvalue weighted by atomic mass is 10.1. The molecule has 3 heterocycles. The standard InChI is InChI=1S/C22H19FN2O4S2/c1-13-9-20(31(28,29)21-5-3-4-8-24-21)19(30-13)11-16-14(2)25(12-22(26)27)18-7-6-15(23)10-17(16)18/h3-10H,11-12H2,1-2H3,(H,26,27). The van der Waals surface area contributed by atoms with Gasteiger partial charge in [0, 0.05) is 39.0 Å². The molecule has 160 valence electrons. The van der Waals surface area contributed by atoms with Gasteiger partial charge in [-0.05, 0) is 55.8 Å². The lowest BCUT2D eigenvalue weighted by molar-refractivity contribution is -0.137. The van der Waals surface area contributed by atoms with E-state index in [1.165, 1.54) is 35.7 Å². The number of carboxylic acid groups (broad SMARTS) is 1. The molecule has 0 saturated carbocycles. The molecule has 0 aliphatic rings. The van der Waals surface area contributed by atoms with E-state index in [0.29, 0.717) is 27.0 Å². The summed E-state index contributed by atoms with van der Waals surface area (Å²) in [6.07, 6.45) is 1.66. The number of hydrogen-bond acceptors (Lipinski definition) is 5. The summed E-state index contributed by atoms with van der Waals surface area (Å²) in [5.74, 6) is -1.45. The van der Waals surface area contributed by atoms with Crippen LogP contribution in [0, 0.1) is 19.7 Å². The van der Waals surface area contributed by atoms with Crippen molar-refractivity contribution in [3.63, 3.8) is 0 Å². The van der Waals surface area contributed by atoms with Crippen molar-refractivity contribution in [3.05, 3.63) is 75.5 Å². The Morgan fingerprint density at radius 1 is 1.19 bits per heavy atom. The third-order valence-electron chi connectivity index (χ3n) is 5.14. The van der Waals surface area contributed by atoms with E-state index < -0.39 is 21.6 Å². The van der Waals surface area contributed by atoms with Gasteiger partial charge in [0.15, 0.2) is 5.03 Å². The molecule has 0 fully saturated rings. The number of rotatable bonds is 6. The summed E-state index contributed by atoms with van der Waals surface area (Å²) in [4.78, 5) is 17.0. The van der Waals surface area contributed by atoms with Crippen LogP contribution in [0.3, 0.4) is 0 Å². The zero-order chi connectivity index (χ0) is 22.3. The molecule has 0 aliphatic carbocycles. The summed E-state index contributed by atoms with van der Waals surface area (Å²) in [7, 11) is -3.83. The summed E-state index contributed by atoms with van der Waals surface area (Å²) in [6, 6.07) is 10.5. The highest BCUT2D eigenvalue weighted by molar-refractivity contribution is 7.91. The fraction of sp³-hybridized carbons (Fsp3) is 0.182. The van der Waals surface area contributed by atoms with Crippen LogP contribution in [0.1, 0.15) is 21.0 Å². The fourth-order valence-electron chi connectivity index (χ4n) is 3.76. The summed E-state index contributed by atoms with van der Waals surface area (Å²) >= 11 is 1.35. The van der Waals surface area contributed by atoms with Crippen molar-refractivity contribution in [1.29, 1.82) is 0 Å². The number of sulfone groups is 1. The van der Waals surface area contributed by atoms with Crippen LogP contribution in [0.5, 0.6) is 0 Å². The van der Waals surface area contributed by atoms with Crippen LogP contribution in [-0.2, 0) is 27.6 Å². The van der Waals surface area contributed by atoms with Crippen LogP contribution < -0.4 is 0 Å². The van der Waals surface area contributed by atoms with E-state index in [1.54, 1.807) is 35.8 Å². The zero-order valence-corrected chi connectivity index (χ0v) is 18.4. The first kappa shape index (κ1) is 21.2. The van der Waals surface area contributed by atoms with E-state index in [-0.39, 0.29) is 22.9 Å². The second kappa shape index (κ2) is 7.90. The third kappa shape index (κ3) is 3.86. The van der Waals surface area contributed by atoms with Crippen molar-refractivity contribution in [3.8, 4) is 0 Å². The third-order valence-corrected chi connectivity index (χ3v) is 8.06. The van der Waals surface area contributed by atoms with Crippen molar-refractivity contribution in [2.45, 2.75) is 36.7 Å². The van der Waals surface area contributed by atoms with Crippen LogP contribution in [-0.4, -0.2) is 29.0 Å². The molecule has 1 aromatic carbocycles. The smallest absolute Gasteiger partial charge is 0.323 e. The maximum atomic E-state index is 14.0. The number of carbonyl (C=O) groups is 1. The van der Waals surface area contributed by atoms with E-state index in [2.05, 4.69) is 4.98 Å². The number of hydrogen-bond donors (Lipinski definition) is 1. The number of thiophene rings is 1. The number of aliphatic carboxylic acids is 1. The number of carboxylic acids is 1. The van der Waals surface area contributed by atoms with Gasteiger partial charge in [-0.25, -0.2) is 17.8 Å². The molecule has 6 nitrogen and oxygen atoms in total. The van der Waals surface area contributed by atoms with Crippen LogP contribution >= 0.6 is 11.3 Å². The minimum Gasteiger partial charge on any atom is -0.480 e. The summed E-state index contributed by atoms with van der Waals surface area (Å²) < 4.78 is 42.1. The highest BCUT2D eigenvalue weighted by Gasteiger charge is 2.26. The van der Waals surface area contributed by atoms with Gasteiger partial charge in [0.1, 0.15) is 12.4 Å². The van der Waals surface area contributed by atoms with Gasteiger partial charge in [-0.2, -0.15) is 0 Å². The molecule has 0 unspecified atom stereocenters. The first-order valence-corrected chi connectivity index (χ1v) is 11.7. The lowest BCUT2D eigenvalue weighted by Crippen LogP contribution is -2.10. The average molecular weight is 459 g/mol. The number of fused-ring (bicyclic) bond motifs is 1. The van der Waals surface area contributed by atoms with Crippen molar-refractivity contribution in [2.75, 3.05) is 0 Å². The van der Waals surface area contributed by atoms with Gasteiger partial charge in [0.05, 0.1) is 4.90 Å². The minimum atomic E-state index is -3.83. The largest absolute Gasteiger partial charge is 0.480 e. The Labute approximate surface area is 182 Å². The maximum Gasteiger partial charge on any atom is 0.323 e. The van der Waals surface area contributed by atoms with E-state index in [9.17, 15) is 22.7 Å². The van der Waals surface area contributed by atoms with Crippen molar-refractivity contribution in [2.24, 2.45) is 0 Å². The maximum absolute atomic E-state index is 14.0. The highest BCUT2D eigenvalue weighted by atomic mass is 32.2. The number of benzene rings is 1. The van der Waals surface area contributed by atoms with E-state index in [1.807, 2.05) is 6.92 Å². The normalized spacial score (nSPS) is 11.8. The number of pyridine rings is 1. The molecule has 9 heteroatoms. The molecule has 4 rings (SSSR count). The topological polar surface area (TPSA) is 89.3 Å². The van der Waals surface area contributed by atoms with Gasteiger partial charge in [-0.15, -0.1) is 11.3 Å². The molecule has 31 heavy (non-hydrogen) atoms. The van der Waals surface area contributed by atoms with Crippen molar-refractivity contribution in [1.82, 2.24) is 9.55 Å². The average Bonchev–Trinajstić information content (AvgIpc) is 3.22. The molecule has 0 bridgehead atoms. The SMILES string of the molecule is Cc1cc(S(=O)(=O)c2ccccn2)c(Cc2c(C)n(CC(=O)O)c3ccc(F)cc23)s1. The molecule has 0 saturated heterocycles. The van der Waals surface area contributed by atoms with Crippen LogP contribution in [0.4, 0.5) is 4.39 Å². The molecule has 1 N–H and O–H groups in total. The summed E-state index contributed by atoms with van der Waals surface area (Å²) in [5, 5.41) is 9.84. The van der Waals surface area contributed by atoms with E-state index in [4.69, 9.17) is 0 Å². The summed E-state index contributed by atoms with van der Waals surface area (Å²) in [5.41, 5.74) is 1.96. The van der Waals surface area contributed by atoms with Gasteiger partial charge in [-0.1, -0.05) is 6.07 Å². The molecular weight excluding hydrogens is 439 g/mol. The Morgan fingerprint density at radius 2 is 1.97 bits per heavy atom. The molecule has 0 spiro atoms. The Balaban J connectivity index is 1.88. The van der Waals surface area contributed by atoms with Gasteiger partial charge < -0.3 is 9.67 Å². The molecule has 0 atom stereocenters. The van der Waals surface area contributed by atoms with Crippen molar-refractivity contribution >= 4 is 38.0 Å². The predicted octanol–water partition coefficient (Wildman–Crippen LogP) is 4.36. The molecule has 0 amide bonds. The van der Waals surface area contributed by atoms with Gasteiger partial charge in [0.25, 0.3) is 0 Å². The zero-order valence-electron chi connectivity index (χ0n) is 16.8. The van der Waals surface area contributed by atoms with Crippen molar-refractivity contribution < 1.29 is 22.7 Å². The predicted molar refractivity (Wildman–Crippen MR) is 116 cm³/mol. The Kier molecular flexibility index (Phi) is 5.40. The molecule has 4 aromatic rings. The number of nitrogens with zero attached hydrogens (tertiary/aromatic N) is 2. The minimum absolute atomic E-state index is 0.0369. The second-order valence-electron chi connectivity index (χ2n) is 7.20. The van der Waals surface area contributed by atoms with E-state index in [0.717, 1.165) is 4.88 Å². The Bertz CT molecular complexity index is 1410. The van der Waals surface area contributed by atoms with E-state index >= 15 is 0 Å². The van der Waals surface area contributed by atoms with Gasteiger partial charge in [0.2, 0.25) is 9.84 Å². The molecule has 0 aliphatic heterocycles. The first-order chi connectivity index (χ1) is 14.7. The lowest BCUT2D eigenvalue weighted by Gasteiger charge is -2.07. The molecule has 0 radical (unpaired) electrons. The van der Waals surface area contributed by atoms with Gasteiger partial charge >= 0.3 is 5.97 Å². The summed E-state index contributed by atoms with van der Waals surface area (Å²) in [6.45, 7) is 3.33. The number of aryl methyl sites for hydroxylation is 1. The van der Waals surface area contributed by atoms with Crippen LogP contribution in [0.2, 0.25) is 0 Å². The fourth-order valence-corrected chi connectivity index (χ4v) is 6.61. The molecule has 3 aromatic heterocycles. The second-order valence-corrected chi connectivity index (χ2v) is 10.4. The first-order valence-electron chi connectivity index (χ1n) is 9.43. The number of aromatic nitrogens is 2. The number of halogens is 1. The van der Waals surface area contributed by atoms with Crippen LogP contribution in [0.25, 0.3) is 10.9 Å². The Hall–Kier alpha value is -3.04. The van der Waals surface area contributed by atoms with Gasteiger partial charge in [-0.3, -0.25) is 4.79 Å². The Morgan fingerprint density at radius 3 is 2.65 bits per heavy atom. The quantitative estimate of drug-likeness (QED) is 0.464. The molecular formula is C22H19FN2O4S2.